The number of nitrogens with two attached hydrogens (primary N) is 1. The van der Waals surface area contributed by atoms with Crippen LogP contribution in [0.3, 0.4) is 0 Å². The van der Waals surface area contributed by atoms with Gasteiger partial charge in [0.15, 0.2) is 6.10 Å². The van der Waals surface area contributed by atoms with Crippen molar-refractivity contribution in [2.75, 3.05) is 0 Å². The van der Waals surface area contributed by atoms with Gasteiger partial charge < -0.3 is 32.1 Å². The average molecular weight is 576 g/mol. The summed E-state index contributed by atoms with van der Waals surface area (Å²) in [5, 5.41) is 22.7. The van der Waals surface area contributed by atoms with Crippen molar-refractivity contribution >= 4 is 23.6 Å². The molecule has 232 valence electrons. The topological polar surface area (TPSA) is 163 Å². The lowest BCUT2D eigenvalue weighted by Gasteiger charge is -2.37. The fourth-order valence-electron chi connectivity index (χ4n) is 7.34. The number of hydrogen-bond donors (Lipinski definition) is 6. The van der Waals surface area contributed by atoms with Crippen molar-refractivity contribution in [1.29, 1.82) is 0 Å². The van der Waals surface area contributed by atoms with Gasteiger partial charge in [0.1, 0.15) is 6.04 Å². The molecule has 0 aliphatic heterocycles. The molecule has 0 radical (unpaired) electrons. The third-order valence-electron chi connectivity index (χ3n) is 9.90. The normalized spacial score (nSPS) is 29.2. The molecule has 8 unspecified atom stereocenters. The van der Waals surface area contributed by atoms with Crippen molar-refractivity contribution in [3.8, 4) is 0 Å². The largest absolute Gasteiger partial charge is 0.381 e. The highest BCUT2D eigenvalue weighted by Gasteiger charge is 2.52. The first-order valence-electron chi connectivity index (χ1n) is 16.1. The second-order valence-electron chi connectivity index (χ2n) is 14.3. The Bertz CT molecular complexity index is 957. The van der Waals surface area contributed by atoms with E-state index in [4.69, 9.17) is 5.73 Å². The van der Waals surface area contributed by atoms with E-state index in [0.29, 0.717) is 12.8 Å². The quantitative estimate of drug-likeness (QED) is 0.208. The van der Waals surface area contributed by atoms with Crippen molar-refractivity contribution in [1.82, 2.24) is 21.3 Å². The first-order chi connectivity index (χ1) is 19.4. The molecule has 4 fully saturated rings. The second kappa shape index (κ2) is 13.4. The van der Waals surface area contributed by atoms with Crippen LogP contribution in [0.4, 0.5) is 0 Å². The molecule has 41 heavy (non-hydrogen) atoms. The summed E-state index contributed by atoms with van der Waals surface area (Å²) in [5.74, 6) is -1.28. The van der Waals surface area contributed by atoms with Crippen molar-refractivity contribution < 1.29 is 24.3 Å². The van der Waals surface area contributed by atoms with E-state index in [1.807, 2.05) is 27.7 Å². The maximum Gasteiger partial charge on any atom is 0.251 e. The Balaban J connectivity index is 1.42. The minimum Gasteiger partial charge on any atom is -0.381 e. The number of carbonyl (C=O) groups excluding carboxylic acids is 4. The van der Waals surface area contributed by atoms with Crippen LogP contribution in [0.2, 0.25) is 0 Å². The zero-order valence-corrected chi connectivity index (χ0v) is 25.4. The Morgan fingerprint density at radius 3 is 2.12 bits per heavy atom. The summed E-state index contributed by atoms with van der Waals surface area (Å²) in [4.78, 5) is 53.2. The van der Waals surface area contributed by atoms with Crippen molar-refractivity contribution in [3.05, 3.63) is 0 Å². The summed E-state index contributed by atoms with van der Waals surface area (Å²) >= 11 is 0. The number of fused-ring (bicyclic) bond motifs is 2. The summed E-state index contributed by atoms with van der Waals surface area (Å²) in [6.07, 6.45) is 9.56. The lowest BCUT2D eigenvalue weighted by molar-refractivity contribution is -0.136. The third-order valence-corrected chi connectivity index (χ3v) is 9.90. The molecule has 7 N–H and O–H groups in total. The number of rotatable bonds is 12. The Morgan fingerprint density at radius 2 is 1.51 bits per heavy atom. The van der Waals surface area contributed by atoms with Gasteiger partial charge in [-0.3, -0.25) is 19.2 Å². The maximum atomic E-state index is 13.8. The van der Waals surface area contributed by atoms with Crippen LogP contribution >= 0.6 is 0 Å². The first-order valence-corrected chi connectivity index (χ1v) is 16.1. The van der Waals surface area contributed by atoms with Crippen LogP contribution in [0, 0.1) is 29.1 Å². The monoisotopic (exact) mass is 575 g/mol. The summed E-state index contributed by atoms with van der Waals surface area (Å²) < 4.78 is 0. The molecule has 2 bridgehead atoms. The van der Waals surface area contributed by atoms with Gasteiger partial charge in [0, 0.05) is 12.1 Å². The second-order valence-corrected chi connectivity index (χ2v) is 14.3. The van der Waals surface area contributed by atoms with Gasteiger partial charge in [-0.25, -0.2) is 0 Å². The summed E-state index contributed by atoms with van der Waals surface area (Å²) in [7, 11) is 0. The molecule has 10 heteroatoms. The predicted molar refractivity (Wildman–Crippen MR) is 156 cm³/mol. The van der Waals surface area contributed by atoms with Crippen molar-refractivity contribution in [2.24, 2.45) is 34.8 Å². The van der Waals surface area contributed by atoms with E-state index in [9.17, 15) is 24.3 Å². The van der Waals surface area contributed by atoms with Crippen LogP contribution in [0.15, 0.2) is 0 Å². The van der Waals surface area contributed by atoms with E-state index >= 15 is 0 Å². The Hall–Kier alpha value is -2.20. The smallest absolute Gasteiger partial charge is 0.251 e. The van der Waals surface area contributed by atoms with Crippen LogP contribution < -0.4 is 27.0 Å². The van der Waals surface area contributed by atoms with E-state index in [1.54, 1.807) is 0 Å². The van der Waals surface area contributed by atoms with E-state index in [-0.39, 0.29) is 47.6 Å². The van der Waals surface area contributed by atoms with E-state index in [1.165, 1.54) is 6.42 Å². The Labute approximate surface area is 245 Å². The van der Waals surface area contributed by atoms with Crippen LogP contribution in [0.1, 0.15) is 105 Å². The van der Waals surface area contributed by atoms with E-state index < -0.39 is 41.5 Å². The van der Waals surface area contributed by atoms with Gasteiger partial charge in [-0.2, -0.15) is 0 Å². The molecular weight excluding hydrogens is 522 g/mol. The highest BCUT2D eigenvalue weighted by molar-refractivity contribution is 5.91. The van der Waals surface area contributed by atoms with Gasteiger partial charge in [0.05, 0.1) is 18.0 Å². The lowest BCUT2D eigenvalue weighted by atomic mass is 9.81. The zero-order valence-electron chi connectivity index (χ0n) is 25.4. The van der Waals surface area contributed by atoms with E-state index in [2.05, 4.69) is 21.3 Å². The molecule has 0 heterocycles. The lowest BCUT2D eigenvalue weighted by Crippen LogP contribution is -2.61. The molecule has 0 spiro atoms. The molecule has 4 rings (SSSR count). The maximum absolute atomic E-state index is 13.8. The summed E-state index contributed by atoms with van der Waals surface area (Å²) in [6, 6.07) is -2.38. The summed E-state index contributed by atoms with van der Waals surface area (Å²) in [6.45, 7) is 7.69. The molecule has 4 aliphatic carbocycles. The van der Waals surface area contributed by atoms with Crippen molar-refractivity contribution in [2.45, 2.75) is 141 Å². The van der Waals surface area contributed by atoms with Crippen LogP contribution in [-0.2, 0) is 19.2 Å². The zero-order chi connectivity index (χ0) is 29.9. The number of aliphatic hydroxyl groups excluding tert-OH is 1. The number of amides is 4. The van der Waals surface area contributed by atoms with Gasteiger partial charge in [-0.05, 0) is 74.5 Å². The van der Waals surface area contributed by atoms with Gasteiger partial charge in [0.2, 0.25) is 17.7 Å². The molecule has 0 saturated heterocycles. The number of carbonyl (C=O) groups is 4. The molecule has 10 nitrogen and oxygen atoms in total. The number of aliphatic hydroxyl groups is 1. The highest BCUT2D eigenvalue weighted by Crippen LogP contribution is 2.49. The average Bonchev–Trinajstić information content (AvgIpc) is 3.51. The molecule has 0 aromatic carbocycles. The minimum absolute atomic E-state index is 0.119. The Morgan fingerprint density at radius 1 is 0.854 bits per heavy atom. The van der Waals surface area contributed by atoms with Crippen LogP contribution in [0.5, 0.6) is 0 Å². The van der Waals surface area contributed by atoms with Crippen molar-refractivity contribution in [3.63, 3.8) is 0 Å². The fourth-order valence-corrected chi connectivity index (χ4v) is 7.34. The van der Waals surface area contributed by atoms with Gasteiger partial charge in [0.25, 0.3) is 5.91 Å². The molecule has 4 aliphatic rings. The Kier molecular flexibility index (Phi) is 10.4. The minimum atomic E-state index is -1.32. The summed E-state index contributed by atoms with van der Waals surface area (Å²) in [5.41, 5.74) is 5.80. The molecule has 4 saturated carbocycles. The van der Waals surface area contributed by atoms with Crippen LogP contribution in [-0.4, -0.2) is 65.0 Å². The molecular formula is C31H53N5O5. The van der Waals surface area contributed by atoms with Gasteiger partial charge >= 0.3 is 0 Å². The molecule has 0 aromatic rings. The fraction of sp³-hybridized carbons (Fsp3) is 0.871. The number of hydrogen-bond acceptors (Lipinski definition) is 6. The third kappa shape index (κ3) is 7.80. The molecule has 4 amide bonds. The SMILES string of the molecule is CCCC(NC(=O)C1C2CCC(C2)C1NC(=O)C(NC(=O)C(N)C1CCCCC1)C(C)(C)C)C(O)C(=O)NC1CC1. The standard InChI is InChI=1S/C31H53N5O5/c1-5-9-21(25(37)29(40)33-20-14-15-20)34-27(38)22-18-12-13-19(16-18)24(22)35-30(41)26(31(2,3)4)36-28(39)23(32)17-10-7-6-8-11-17/h17-26,37H,5-16,32H2,1-4H3,(H,33,40)(H,34,38)(H,35,41)(H,36,39). The highest BCUT2D eigenvalue weighted by atomic mass is 16.3. The first kappa shape index (κ1) is 31.7. The van der Waals surface area contributed by atoms with Gasteiger partial charge in [-0.1, -0.05) is 53.4 Å². The molecule has 8 atom stereocenters. The van der Waals surface area contributed by atoms with Gasteiger partial charge in [-0.15, -0.1) is 0 Å². The number of nitrogens with one attached hydrogen (secondary N) is 4. The molecule has 0 aromatic heterocycles. The van der Waals surface area contributed by atoms with E-state index in [0.717, 1.165) is 57.8 Å². The predicted octanol–water partition coefficient (Wildman–Crippen LogP) is 1.88. The van der Waals surface area contributed by atoms with Crippen LogP contribution in [0.25, 0.3) is 0 Å².